The van der Waals surface area contributed by atoms with Crippen molar-refractivity contribution in [2.45, 2.75) is 33.2 Å². The fraction of sp³-hybridized carbons (Fsp3) is 0.429. The summed E-state index contributed by atoms with van der Waals surface area (Å²) in [7, 11) is 0. The zero-order chi connectivity index (χ0) is 12.8. The molecule has 0 fully saturated rings. The van der Waals surface area contributed by atoms with Gasteiger partial charge < -0.3 is 5.32 Å². The third-order valence-corrected chi connectivity index (χ3v) is 3.01. The highest BCUT2D eigenvalue weighted by Gasteiger charge is 2.02. The molecular formula is C14H19BrFN. The van der Waals surface area contributed by atoms with Crippen LogP contribution in [0.3, 0.4) is 0 Å². The summed E-state index contributed by atoms with van der Waals surface area (Å²) < 4.78 is 14.4. The molecule has 0 aromatic heterocycles. The number of hydrogen-bond donors (Lipinski definition) is 1. The Morgan fingerprint density at radius 3 is 2.71 bits per heavy atom. The van der Waals surface area contributed by atoms with Crippen LogP contribution < -0.4 is 5.32 Å². The zero-order valence-corrected chi connectivity index (χ0v) is 12.1. The van der Waals surface area contributed by atoms with Gasteiger partial charge in [-0.2, -0.15) is 0 Å². The number of halogens is 2. The number of nitrogens with one attached hydrogen (secondary N) is 1. The maximum atomic E-state index is 13.7. The van der Waals surface area contributed by atoms with Crippen molar-refractivity contribution in [3.63, 3.8) is 0 Å². The van der Waals surface area contributed by atoms with Gasteiger partial charge in [0.05, 0.1) is 0 Å². The maximum Gasteiger partial charge on any atom is 0.131 e. The second-order valence-electron chi connectivity index (χ2n) is 4.36. The Balaban J connectivity index is 2.82. The SMILES string of the molecule is CCC(=Cc1ccc(Br)cc1F)CNC(C)C. The van der Waals surface area contributed by atoms with Crippen LogP contribution in [-0.4, -0.2) is 12.6 Å². The Morgan fingerprint density at radius 2 is 2.18 bits per heavy atom. The monoisotopic (exact) mass is 299 g/mol. The molecule has 1 N–H and O–H groups in total. The molecule has 0 spiro atoms. The Labute approximate surface area is 111 Å². The molecule has 0 aliphatic rings. The highest BCUT2D eigenvalue weighted by molar-refractivity contribution is 9.10. The smallest absolute Gasteiger partial charge is 0.131 e. The minimum Gasteiger partial charge on any atom is -0.311 e. The Kier molecular flexibility index (Phi) is 5.86. The predicted octanol–water partition coefficient (Wildman–Crippen LogP) is 4.38. The molecule has 17 heavy (non-hydrogen) atoms. The van der Waals surface area contributed by atoms with E-state index in [1.54, 1.807) is 6.07 Å². The van der Waals surface area contributed by atoms with E-state index in [0.717, 1.165) is 17.4 Å². The molecule has 0 aliphatic heterocycles. The quantitative estimate of drug-likeness (QED) is 0.851. The zero-order valence-electron chi connectivity index (χ0n) is 10.6. The molecule has 94 valence electrons. The molecule has 0 saturated carbocycles. The fourth-order valence-corrected chi connectivity index (χ4v) is 1.78. The second-order valence-corrected chi connectivity index (χ2v) is 5.27. The van der Waals surface area contributed by atoms with Crippen LogP contribution in [0.15, 0.2) is 28.2 Å². The minimum atomic E-state index is -0.185. The molecule has 0 amide bonds. The normalized spacial score (nSPS) is 12.2. The summed E-state index contributed by atoms with van der Waals surface area (Å²) in [5.41, 5.74) is 1.86. The predicted molar refractivity (Wildman–Crippen MR) is 75.5 cm³/mol. The highest BCUT2D eigenvalue weighted by Crippen LogP contribution is 2.18. The Bertz CT molecular complexity index is 399. The Hall–Kier alpha value is -0.670. The van der Waals surface area contributed by atoms with Gasteiger partial charge >= 0.3 is 0 Å². The van der Waals surface area contributed by atoms with Gasteiger partial charge in [-0.1, -0.05) is 54.4 Å². The average Bonchev–Trinajstić information content (AvgIpc) is 2.26. The summed E-state index contributed by atoms with van der Waals surface area (Å²) in [4.78, 5) is 0. The van der Waals surface area contributed by atoms with Crippen LogP contribution in [0, 0.1) is 5.82 Å². The number of benzene rings is 1. The van der Waals surface area contributed by atoms with Gasteiger partial charge in [0, 0.05) is 22.6 Å². The van der Waals surface area contributed by atoms with Gasteiger partial charge in [0.1, 0.15) is 5.82 Å². The molecule has 1 nitrogen and oxygen atoms in total. The van der Waals surface area contributed by atoms with Gasteiger partial charge in [-0.15, -0.1) is 0 Å². The molecule has 1 aromatic rings. The van der Waals surface area contributed by atoms with Gasteiger partial charge in [-0.3, -0.25) is 0 Å². The fourth-order valence-electron chi connectivity index (χ4n) is 1.45. The molecule has 3 heteroatoms. The van der Waals surface area contributed by atoms with Crippen molar-refractivity contribution < 1.29 is 4.39 Å². The van der Waals surface area contributed by atoms with Crippen LogP contribution in [0.1, 0.15) is 32.8 Å². The first kappa shape index (κ1) is 14.4. The first-order valence-electron chi connectivity index (χ1n) is 5.90. The number of rotatable bonds is 5. The van der Waals surface area contributed by atoms with E-state index >= 15 is 0 Å². The van der Waals surface area contributed by atoms with E-state index in [4.69, 9.17) is 0 Å². The first-order chi connectivity index (χ1) is 8.02. The van der Waals surface area contributed by atoms with Crippen molar-refractivity contribution in [1.82, 2.24) is 5.32 Å². The average molecular weight is 300 g/mol. The molecule has 1 rings (SSSR count). The summed E-state index contributed by atoms with van der Waals surface area (Å²) in [6.45, 7) is 7.11. The third-order valence-electron chi connectivity index (χ3n) is 2.51. The second kappa shape index (κ2) is 6.92. The van der Waals surface area contributed by atoms with Gasteiger partial charge in [0.2, 0.25) is 0 Å². The summed E-state index contributed by atoms with van der Waals surface area (Å²) in [5.74, 6) is -0.185. The standard InChI is InChI=1S/C14H19BrFN/c1-4-11(9-17-10(2)3)7-12-5-6-13(15)8-14(12)16/h5-8,10,17H,4,9H2,1-3H3. The summed E-state index contributed by atoms with van der Waals surface area (Å²) in [6.07, 6.45) is 2.85. The summed E-state index contributed by atoms with van der Waals surface area (Å²) in [5, 5.41) is 3.35. The van der Waals surface area contributed by atoms with E-state index in [0.29, 0.717) is 11.6 Å². The highest BCUT2D eigenvalue weighted by atomic mass is 79.9. The van der Waals surface area contributed by atoms with Crippen molar-refractivity contribution in [3.05, 3.63) is 39.6 Å². The Morgan fingerprint density at radius 1 is 1.47 bits per heavy atom. The van der Waals surface area contributed by atoms with Gasteiger partial charge in [-0.25, -0.2) is 4.39 Å². The largest absolute Gasteiger partial charge is 0.311 e. The molecular weight excluding hydrogens is 281 g/mol. The lowest BCUT2D eigenvalue weighted by Crippen LogP contribution is -2.24. The molecule has 0 saturated heterocycles. The van der Waals surface area contributed by atoms with Gasteiger partial charge in [-0.05, 0) is 18.6 Å². The molecule has 0 radical (unpaired) electrons. The van der Waals surface area contributed by atoms with E-state index in [-0.39, 0.29) is 5.82 Å². The molecule has 0 heterocycles. The third kappa shape index (κ3) is 5.00. The van der Waals surface area contributed by atoms with E-state index in [9.17, 15) is 4.39 Å². The van der Waals surface area contributed by atoms with Gasteiger partial charge in [0.25, 0.3) is 0 Å². The van der Waals surface area contributed by atoms with Crippen LogP contribution >= 0.6 is 15.9 Å². The molecule has 0 unspecified atom stereocenters. The molecule has 0 bridgehead atoms. The lowest BCUT2D eigenvalue weighted by Gasteiger charge is -2.10. The van der Waals surface area contributed by atoms with Crippen LogP contribution in [0.4, 0.5) is 4.39 Å². The molecule has 0 atom stereocenters. The van der Waals surface area contributed by atoms with E-state index < -0.39 is 0 Å². The van der Waals surface area contributed by atoms with E-state index in [1.807, 2.05) is 12.1 Å². The summed E-state index contributed by atoms with van der Waals surface area (Å²) in [6, 6.07) is 5.59. The van der Waals surface area contributed by atoms with Crippen molar-refractivity contribution in [3.8, 4) is 0 Å². The van der Waals surface area contributed by atoms with Crippen molar-refractivity contribution in [1.29, 1.82) is 0 Å². The maximum absolute atomic E-state index is 13.7. The lowest BCUT2D eigenvalue weighted by atomic mass is 10.1. The van der Waals surface area contributed by atoms with Crippen LogP contribution in [-0.2, 0) is 0 Å². The molecule has 1 aromatic carbocycles. The topological polar surface area (TPSA) is 12.0 Å². The van der Waals surface area contributed by atoms with Crippen LogP contribution in [0.25, 0.3) is 6.08 Å². The van der Waals surface area contributed by atoms with Gasteiger partial charge in [0.15, 0.2) is 0 Å². The minimum absolute atomic E-state index is 0.185. The summed E-state index contributed by atoms with van der Waals surface area (Å²) >= 11 is 3.26. The van der Waals surface area contributed by atoms with Crippen molar-refractivity contribution in [2.75, 3.05) is 6.54 Å². The van der Waals surface area contributed by atoms with Crippen molar-refractivity contribution >= 4 is 22.0 Å². The van der Waals surface area contributed by atoms with E-state index in [2.05, 4.69) is 42.0 Å². The first-order valence-corrected chi connectivity index (χ1v) is 6.70. The van der Waals surface area contributed by atoms with E-state index in [1.165, 1.54) is 11.6 Å². The van der Waals surface area contributed by atoms with Crippen LogP contribution in [0.2, 0.25) is 0 Å². The number of hydrogen-bond acceptors (Lipinski definition) is 1. The van der Waals surface area contributed by atoms with Crippen molar-refractivity contribution in [2.24, 2.45) is 0 Å². The molecule has 0 aliphatic carbocycles. The lowest BCUT2D eigenvalue weighted by molar-refractivity contribution is 0.614. The van der Waals surface area contributed by atoms with Crippen LogP contribution in [0.5, 0.6) is 0 Å².